The summed E-state index contributed by atoms with van der Waals surface area (Å²) in [7, 11) is 0. The minimum atomic E-state index is -4.41. The molecule has 0 saturated heterocycles. The number of halogens is 3. The van der Waals surface area contributed by atoms with Crippen LogP contribution in [0.5, 0.6) is 5.75 Å². The average Bonchev–Trinajstić information content (AvgIpc) is 3.32. The van der Waals surface area contributed by atoms with E-state index in [1.54, 1.807) is 6.07 Å². The van der Waals surface area contributed by atoms with E-state index in [1.807, 2.05) is 18.3 Å². The molecule has 2 aliphatic heterocycles. The van der Waals surface area contributed by atoms with Gasteiger partial charge in [-0.1, -0.05) is 52.0 Å². The number of aryl methyl sites for hydroxylation is 2. The minimum absolute atomic E-state index is 0.0513. The third-order valence-electron chi connectivity index (χ3n) is 7.76. The zero-order valence-corrected chi connectivity index (χ0v) is 26.5. The summed E-state index contributed by atoms with van der Waals surface area (Å²) >= 11 is 0. The number of carbonyl (C=O) groups is 2. The van der Waals surface area contributed by atoms with Crippen molar-refractivity contribution < 1.29 is 32.2 Å². The van der Waals surface area contributed by atoms with Crippen molar-refractivity contribution >= 4 is 17.8 Å². The number of hydrogen-bond donors (Lipinski definition) is 1. The lowest BCUT2D eigenvalue weighted by Crippen LogP contribution is -2.37. The Morgan fingerprint density at radius 3 is 2.57 bits per heavy atom. The molecule has 0 spiro atoms. The monoisotopic (exact) mass is 622 g/mol. The second-order valence-electron chi connectivity index (χ2n) is 11.6. The van der Waals surface area contributed by atoms with Crippen LogP contribution in [0.4, 0.5) is 19.1 Å². The van der Waals surface area contributed by atoms with E-state index in [9.17, 15) is 22.8 Å². The average molecular weight is 623 g/mol. The van der Waals surface area contributed by atoms with Gasteiger partial charge in [-0.25, -0.2) is 4.98 Å². The maximum atomic E-state index is 12.8. The highest BCUT2D eigenvalue weighted by Crippen LogP contribution is 2.27. The summed E-state index contributed by atoms with van der Waals surface area (Å²) in [5.41, 5.74) is 2.54. The highest BCUT2D eigenvalue weighted by Gasteiger charge is 2.34. The summed E-state index contributed by atoms with van der Waals surface area (Å²) in [6, 6.07) is 5.40. The lowest BCUT2D eigenvalue weighted by Gasteiger charge is -2.22. The van der Waals surface area contributed by atoms with Crippen molar-refractivity contribution in [1.82, 2.24) is 14.5 Å². The molecule has 2 aliphatic rings. The molecule has 0 saturated carbocycles. The predicted octanol–water partition coefficient (Wildman–Crippen LogP) is 7.24. The lowest BCUT2D eigenvalue weighted by atomic mass is 10.0. The Labute approximate surface area is 259 Å². The number of amides is 1. The Balaban J connectivity index is 0.000000301. The fraction of sp³-hybridized carbons (Fsp3) is 0.667. The molecule has 0 fully saturated rings. The molecule has 1 atom stereocenters. The van der Waals surface area contributed by atoms with Crippen LogP contribution in [-0.2, 0) is 40.3 Å². The molecule has 1 aromatic heterocycles. The molecule has 11 heteroatoms. The number of alkyl halides is 3. The number of carbonyl (C=O) groups excluding carboxylic acids is 2. The van der Waals surface area contributed by atoms with Gasteiger partial charge in [-0.05, 0) is 55.4 Å². The number of rotatable bonds is 14. The van der Waals surface area contributed by atoms with Crippen molar-refractivity contribution in [3.63, 3.8) is 0 Å². The fourth-order valence-corrected chi connectivity index (χ4v) is 5.56. The molecule has 2 aromatic rings. The number of aromatic nitrogens is 2. The molecule has 8 nitrogen and oxygen atoms in total. The van der Waals surface area contributed by atoms with Gasteiger partial charge in [-0.2, -0.15) is 13.2 Å². The number of hydrogen-bond acceptors (Lipinski definition) is 6. The van der Waals surface area contributed by atoms with E-state index in [2.05, 4.69) is 28.7 Å². The molecule has 0 bridgehead atoms. The van der Waals surface area contributed by atoms with E-state index in [1.165, 1.54) is 39.0 Å². The van der Waals surface area contributed by atoms with Gasteiger partial charge in [-0.15, -0.1) is 0 Å². The van der Waals surface area contributed by atoms with Gasteiger partial charge in [-0.3, -0.25) is 9.59 Å². The van der Waals surface area contributed by atoms with Gasteiger partial charge < -0.3 is 24.3 Å². The summed E-state index contributed by atoms with van der Waals surface area (Å²) in [5.74, 6) is 0.859. The first-order valence-electron chi connectivity index (χ1n) is 16.1. The Hall–Kier alpha value is -3.24. The van der Waals surface area contributed by atoms with Gasteiger partial charge in [0.2, 0.25) is 11.9 Å². The molecule has 1 unspecified atom stereocenters. The summed E-state index contributed by atoms with van der Waals surface area (Å²) in [6.07, 6.45) is 9.52. The quantitative estimate of drug-likeness (QED) is 0.177. The molecular weight excluding hydrogens is 573 g/mol. The fourth-order valence-electron chi connectivity index (χ4n) is 5.56. The first-order valence-corrected chi connectivity index (χ1v) is 16.1. The zero-order valence-electron chi connectivity index (χ0n) is 26.5. The van der Waals surface area contributed by atoms with Crippen LogP contribution in [0.25, 0.3) is 0 Å². The number of esters is 1. The summed E-state index contributed by atoms with van der Waals surface area (Å²) in [6.45, 7) is 6.87. The van der Waals surface area contributed by atoms with Crippen molar-refractivity contribution in [3.8, 4) is 5.75 Å². The maximum Gasteiger partial charge on any atom is 0.406 e. The molecule has 0 aliphatic carbocycles. The number of ether oxygens (including phenoxy) is 2. The van der Waals surface area contributed by atoms with Gasteiger partial charge in [0.05, 0.1) is 12.3 Å². The highest BCUT2D eigenvalue weighted by molar-refractivity contribution is 5.77. The molecule has 44 heavy (non-hydrogen) atoms. The van der Waals surface area contributed by atoms with E-state index >= 15 is 0 Å². The Morgan fingerprint density at radius 1 is 1.07 bits per heavy atom. The van der Waals surface area contributed by atoms with Crippen LogP contribution >= 0.6 is 0 Å². The number of anilines is 1. The topological polar surface area (TPSA) is 85.7 Å². The third-order valence-corrected chi connectivity index (χ3v) is 7.76. The molecule has 1 aromatic carbocycles. The molecule has 1 amide bonds. The van der Waals surface area contributed by atoms with Crippen LogP contribution < -0.4 is 10.1 Å². The maximum absolute atomic E-state index is 12.8. The van der Waals surface area contributed by atoms with Crippen molar-refractivity contribution in [1.29, 1.82) is 0 Å². The van der Waals surface area contributed by atoms with Gasteiger partial charge in [0.1, 0.15) is 18.4 Å². The van der Waals surface area contributed by atoms with E-state index in [0.29, 0.717) is 30.8 Å². The molecule has 1 N–H and O–H groups in total. The predicted molar refractivity (Wildman–Crippen MR) is 165 cm³/mol. The van der Waals surface area contributed by atoms with E-state index < -0.39 is 18.6 Å². The SMILES string of the molecule is CCCCCCCC(CCC)OC(C)=O.O=C1CCc2ccc(OCCc3cn4c(n3)NCCC4)cc2CN1CC(F)(F)F. The summed E-state index contributed by atoms with van der Waals surface area (Å²) < 4.78 is 51.5. The van der Waals surface area contributed by atoms with Crippen LogP contribution in [0.2, 0.25) is 0 Å². The Bertz CT molecular complexity index is 1160. The van der Waals surface area contributed by atoms with E-state index in [4.69, 9.17) is 9.47 Å². The van der Waals surface area contributed by atoms with Crippen molar-refractivity contribution in [2.45, 2.75) is 123 Å². The number of nitrogens with one attached hydrogen (secondary N) is 1. The van der Waals surface area contributed by atoms with E-state index in [-0.39, 0.29) is 25.0 Å². The summed E-state index contributed by atoms with van der Waals surface area (Å²) in [4.78, 5) is 28.3. The van der Waals surface area contributed by atoms with Gasteiger partial charge >= 0.3 is 12.1 Å². The second-order valence-corrected chi connectivity index (χ2v) is 11.6. The third kappa shape index (κ3) is 12.4. The van der Waals surface area contributed by atoms with Gasteiger partial charge in [0.25, 0.3) is 0 Å². The van der Waals surface area contributed by atoms with Gasteiger partial charge in [0.15, 0.2) is 0 Å². The Morgan fingerprint density at radius 2 is 1.86 bits per heavy atom. The molecule has 0 radical (unpaired) electrons. The first-order chi connectivity index (χ1) is 21.1. The largest absolute Gasteiger partial charge is 0.493 e. The first kappa shape index (κ1) is 35.2. The number of fused-ring (bicyclic) bond motifs is 2. The normalized spacial score (nSPS) is 15.2. The number of benzene rings is 1. The number of imidazole rings is 1. The molecule has 246 valence electrons. The van der Waals surface area contributed by atoms with Crippen LogP contribution in [0, 0.1) is 0 Å². The van der Waals surface area contributed by atoms with Crippen LogP contribution in [0.15, 0.2) is 24.4 Å². The second kappa shape index (κ2) is 17.9. The standard InChI is InChI=1S/C20H23F3N4O2.C13H26O2/c21-20(22,23)13-27-11-15-10-17(4-2-14(15)3-5-18(27)28)29-9-6-16-12-26-8-1-7-24-19(26)25-16;1-4-6-7-8-9-11-13(10-5-2)15-12(3)14/h2,4,10,12H,1,3,5-9,11,13H2,(H,24,25);13H,4-11H2,1-3H3. The molecular formula is C33H49F3N4O4. The molecule has 4 rings (SSSR count). The smallest absolute Gasteiger partial charge is 0.406 e. The van der Waals surface area contributed by atoms with Crippen molar-refractivity contribution in [2.24, 2.45) is 0 Å². The summed E-state index contributed by atoms with van der Waals surface area (Å²) in [5, 5.41) is 3.25. The highest BCUT2D eigenvalue weighted by atomic mass is 19.4. The minimum Gasteiger partial charge on any atom is -0.493 e. The van der Waals surface area contributed by atoms with Crippen LogP contribution in [-0.4, -0.2) is 58.3 Å². The Kier molecular flexibility index (Phi) is 14.3. The van der Waals surface area contributed by atoms with Gasteiger partial charge in [0, 0.05) is 45.6 Å². The number of unbranched alkanes of at least 4 members (excludes halogenated alkanes) is 4. The lowest BCUT2D eigenvalue weighted by molar-refractivity contribution is -0.162. The van der Waals surface area contributed by atoms with Crippen LogP contribution in [0.1, 0.15) is 102 Å². The van der Waals surface area contributed by atoms with Crippen molar-refractivity contribution in [3.05, 3.63) is 41.2 Å². The van der Waals surface area contributed by atoms with Crippen molar-refractivity contribution in [2.75, 3.05) is 25.0 Å². The van der Waals surface area contributed by atoms with Crippen LogP contribution in [0.3, 0.4) is 0 Å². The molecule has 3 heterocycles. The number of nitrogens with zero attached hydrogens (tertiary/aromatic N) is 3. The van der Waals surface area contributed by atoms with E-state index in [0.717, 1.165) is 60.9 Å². The zero-order chi connectivity index (χ0) is 32.0.